The van der Waals surface area contributed by atoms with E-state index in [1.165, 1.54) is 17.9 Å². The molecule has 9 heteroatoms. The van der Waals surface area contributed by atoms with Gasteiger partial charge in [0.2, 0.25) is 5.95 Å². The molecule has 0 aliphatic rings. The number of rotatable bonds is 4. The van der Waals surface area contributed by atoms with Gasteiger partial charge in [-0.15, -0.1) is 0 Å². The predicted octanol–water partition coefficient (Wildman–Crippen LogP) is 3.31. The SMILES string of the molecule is CCn1c(-c2ccc(-c3c(C)on(C)c3=O)cn2)cc2cc(F)nc(C(=O)OC)c21. The fraction of sp³-hybridized carbons (Fsp3) is 0.238. The number of pyridine rings is 2. The van der Waals surface area contributed by atoms with E-state index >= 15 is 0 Å². The molecule has 154 valence electrons. The van der Waals surface area contributed by atoms with E-state index in [1.807, 2.05) is 11.5 Å². The highest BCUT2D eigenvalue weighted by atomic mass is 19.1. The van der Waals surface area contributed by atoms with Crippen molar-refractivity contribution in [3.8, 4) is 22.5 Å². The van der Waals surface area contributed by atoms with Crippen LogP contribution in [0.15, 0.2) is 39.8 Å². The van der Waals surface area contributed by atoms with E-state index in [2.05, 4.69) is 9.97 Å². The summed E-state index contributed by atoms with van der Waals surface area (Å²) >= 11 is 0. The molecule has 0 atom stereocenters. The van der Waals surface area contributed by atoms with Gasteiger partial charge in [0.25, 0.3) is 5.56 Å². The minimum atomic E-state index is -0.766. The van der Waals surface area contributed by atoms with Crippen LogP contribution < -0.4 is 5.56 Å². The molecule has 30 heavy (non-hydrogen) atoms. The summed E-state index contributed by atoms with van der Waals surface area (Å²) in [5.74, 6) is -0.977. The van der Waals surface area contributed by atoms with Gasteiger partial charge in [0, 0.05) is 36.8 Å². The molecule has 4 rings (SSSR count). The van der Waals surface area contributed by atoms with E-state index in [-0.39, 0.29) is 11.3 Å². The number of aryl methyl sites for hydroxylation is 3. The van der Waals surface area contributed by atoms with E-state index in [4.69, 9.17) is 9.26 Å². The Bertz CT molecular complexity index is 1330. The largest absolute Gasteiger partial charge is 0.464 e. The second-order valence-corrected chi connectivity index (χ2v) is 6.75. The third-order valence-electron chi connectivity index (χ3n) is 4.98. The number of halogens is 1. The van der Waals surface area contributed by atoms with Gasteiger partial charge in [-0.1, -0.05) is 6.07 Å². The van der Waals surface area contributed by atoms with E-state index in [9.17, 15) is 14.0 Å². The molecule has 0 bridgehead atoms. The molecule has 0 amide bonds. The van der Waals surface area contributed by atoms with Gasteiger partial charge in [-0.2, -0.15) is 9.13 Å². The summed E-state index contributed by atoms with van der Waals surface area (Å²) in [6.45, 7) is 4.12. The van der Waals surface area contributed by atoms with Crippen LogP contribution in [0.1, 0.15) is 23.2 Å². The molecule has 0 aliphatic carbocycles. The predicted molar refractivity (Wildman–Crippen MR) is 108 cm³/mol. The molecule has 0 N–H and O–H groups in total. The Balaban J connectivity index is 1.87. The number of nitrogens with zero attached hydrogens (tertiary/aromatic N) is 4. The molecule has 8 nitrogen and oxygen atoms in total. The average molecular weight is 410 g/mol. The summed E-state index contributed by atoms with van der Waals surface area (Å²) in [6.07, 6.45) is 1.59. The van der Waals surface area contributed by atoms with Crippen LogP contribution in [0.4, 0.5) is 4.39 Å². The highest BCUT2D eigenvalue weighted by Crippen LogP contribution is 2.30. The number of methoxy groups -OCH3 is 1. The summed E-state index contributed by atoms with van der Waals surface area (Å²) in [7, 11) is 2.77. The molecule has 4 aromatic heterocycles. The lowest BCUT2D eigenvalue weighted by Gasteiger charge is -2.10. The van der Waals surface area contributed by atoms with Gasteiger partial charge in [-0.05, 0) is 26.0 Å². The molecule has 0 unspecified atom stereocenters. The van der Waals surface area contributed by atoms with Gasteiger partial charge in [0.15, 0.2) is 5.69 Å². The van der Waals surface area contributed by atoms with Crippen LogP contribution in [0.5, 0.6) is 0 Å². The first kappa shape index (κ1) is 19.6. The average Bonchev–Trinajstić information content (AvgIpc) is 3.22. The molecular weight excluding hydrogens is 391 g/mol. The van der Waals surface area contributed by atoms with Crippen molar-refractivity contribution in [2.24, 2.45) is 7.05 Å². The molecule has 0 fully saturated rings. The Morgan fingerprint density at radius 2 is 2.07 bits per heavy atom. The van der Waals surface area contributed by atoms with E-state index < -0.39 is 11.9 Å². The first-order valence-electron chi connectivity index (χ1n) is 9.27. The third-order valence-corrected chi connectivity index (χ3v) is 4.98. The van der Waals surface area contributed by atoms with E-state index in [0.717, 1.165) is 0 Å². The monoisotopic (exact) mass is 410 g/mol. The molecule has 0 spiro atoms. The number of hydrogen-bond donors (Lipinski definition) is 0. The Kier molecular flexibility index (Phi) is 4.73. The zero-order chi connectivity index (χ0) is 21.6. The Morgan fingerprint density at radius 3 is 2.63 bits per heavy atom. The number of aromatic nitrogens is 4. The number of hydrogen-bond acceptors (Lipinski definition) is 6. The second-order valence-electron chi connectivity index (χ2n) is 6.75. The topological polar surface area (TPSA) is 92.1 Å². The lowest BCUT2D eigenvalue weighted by atomic mass is 10.1. The van der Waals surface area contributed by atoms with Gasteiger partial charge in [0.1, 0.15) is 5.76 Å². The van der Waals surface area contributed by atoms with Crippen molar-refractivity contribution in [1.29, 1.82) is 0 Å². The number of carbonyl (C=O) groups is 1. The van der Waals surface area contributed by atoms with Crippen molar-refractivity contribution in [1.82, 2.24) is 19.3 Å². The van der Waals surface area contributed by atoms with Crippen molar-refractivity contribution < 1.29 is 18.4 Å². The van der Waals surface area contributed by atoms with Crippen molar-refractivity contribution in [3.05, 3.63) is 58.2 Å². The van der Waals surface area contributed by atoms with Gasteiger partial charge in [-0.25, -0.2) is 9.78 Å². The molecule has 0 aliphatic heterocycles. The number of ether oxygens (including phenoxy) is 1. The minimum absolute atomic E-state index is 0.0882. The quantitative estimate of drug-likeness (QED) is 0.379. The normalized spacial score (nSPS) is 11.2. The lowest BCUT2D eigenvalue weighted by Crippen LogP contribution is -2.11. The van der Waals surface area contributed by atoms with Crippen LogP contribution >= 0.6 is 0 Å². The summed E-state index contributed by atoms with van der Waals surface area (Å²) in [6, 6.07) is 6.56. The fourth-order valence-electron chi connectivity index (χ4n) is 3.66. The maximum atomic E-state index is 14.0. The highest BCUT2D eigenvalue weighted by molar-refractivity contribution is 6.03. The molecule has 4 aromatic rings. The Labute approximate surface area is 170 Å². The summed E-state index contributed by atoms with van der Waals surface area (Å²) < 4.78 is 27.1. The first-order chi connectivity index (χ1) is 14.3. The smallest absolute Gasteiger partial charge is 0.358 e. The van der Waals surface area contributed by atoms with Gasteiger partial charge >= 0.3 is 5.97 Å². The molecule has 4 heterocycles. The molecule has 0 saturated carbocycles. The summed E-state index contributed by atoms with van der Waals surface area (Å²) in [4.78, 5) is 32.6. The van der Waals surface area contributed by atoms with Crippen LogP contribution in [0, 0.1) is 12.9 Å². The molecule has 0 saturated heterocycles. The van der Waals surface area contributed by atoms with Crippen molar-refractivity contribution in [2.45, 2.75) is 20.4 Å². The standard InChI is InChI=1S/C21H19FN4O4/c1-5-26-15(8-13-9-16(22)24-18(19(13)26)21(28)29-4)14-7-6-12(10-23-14)17-11(2)30-25(3)20(17)27/h6-10H,5H2,1-4H3. The maximum Gasteiger partial charge on any atom is 0.358 e. The van der Waals surface area contributed by atoms with Crippen LogP contribution in [0.25, 0.3) is 33.4 Å². The Hall–Kier alpha value is -3.75. The summed E-state index contributed by atoms with van der Waals surface area (Å²) in [5.41, 5.74) is 2.52. The van der Waals surface area contributed by atoms with Crippen molar-refractivity contribution in [2.75, 3.05) is 7.11 Å². The zero-order valence-electron chi connectivity index (χ0n) is 16.9. The van der Waals surface area contributed by atoms with Crippen LogP contribution in [0.2, 0.25) is 0 Å². The minimum Gasteiger partial charge on any atom is -0.464 e. The first-order valence-corrected chi connectivity index (χ1v) is 9.27. The van der Waals surface area contributed by atoms with Gasteiger partial charge < -0.3 is 13.8 Å². The molecule has 0 aromatic carbocycles. The second kappa shape index (κ2) is 7.25. The van der Waals surface area contributed by atoms with Crippen LogP contribution in [0.3, 0.4) is 0 Å². The molecule has 0 radical (unpaired) electrons. The third kappa shape index (κ3) is 2.99. The summed E-state index contributed by atoms with van der Waals surface area (Å²) in [5, 5.41) is 0.519. The zero-order valence-corrected chi connectivity index (χ0v) is 16.9. The van der Waals surface area contributed by atoms with Crippen LogP contribution in [-0.2, 0) is 18.3 Å². The lowest BCUT2D eigenvalue weighted by molar-refractivity contribution is 0.0594. The van der Waals surface area contributed by atoms with Gasteiger partial charge in [0.05, 0.1) is 29.6 Å². The Morgan fingerprint density at radius 1 is 1.30 bits per heavy atom. The number of fused-ring (bicyclic) bond motifs is 1. The van der Waals surface area contributed by atoms with E-state index in [0.29, 0.717) is 45.7 Å². The number of carbonyl (C=O) groups excluding carboxylic acids is 1. The fourth-order valence-corrected chi connectivity index (χ4v) is 3.66. The van der Waals surface area contributed by atoms with Crippen LogP contribution in [-0.4, -0.2) is 32.4 Å². The van der Waals surface area contributed by atoms with E-state index in [1.54, 1.807) is 38.4 Å². The van der Waals surface area contributed by atoms with Gasteiger partial charge in [-0.3, -0.25) is 9.78 Å². The maximum absolute atomic E-state index is 14.0. The van der Waals surface area contributed by atoms with Crippen molar-refractivity contribution >= 4 is 16.9 Å². The van der Waals surface area contributed by atoms with Crippen molar-refractivity contribution in [3.63, 3.8) is 0 Å². The highest BCUT2D eigenvalue weighted by Gasteiger charge is 2.21. The number of esters is 1. The molecular formula is C21H19FN4O4.